The Balaban J connectivity index is 2.31. The van der Waals surface area contributed by atoms with Gasteiger partial charge in [-0.1, -0.05) is 11.6 Å². The van der Waals surface area contributed by atoms with Gasteiger partial charge in [-0.25, -0.2) is 4.98 Å². The van der Waals surface area contributed by atoms with E-state index in [1.807, 2.05) is 6.92 Å². The van der Waals surface area contributed by atoms with Crippen LogP contribution in [-0.2, 0) is 4.79 Å². The Bertz CT molecular complexity index is 730. The molecular formula is C14H14ClN3O3S. The summed E-state index contributed by atoms with van der Waals surface area (Å²) in [5.74, 6) is -0.346. The number of aryl methyl sites for hydroxylation is 1. The van der Waals surface area contributed by atoms with Crippen molar-refractivity contribution in [3.8, 4) is 5.75 Å². The molecule has 0 aliphatic heterocycles. The van der Waals surface area contributed by atoms with Crippen molar-refractivity contribution >= 4 is 45.6 Å². The summed E-state index contributed by atoms with van der Waals surface area (Å²) in [6, 6.07) is 2.95. The maximum Gasteiger partial charge on any atom is 0.261 e. The van der Waals surface area contributed by atoms with Crippen molar-refractivity contribution in [3.63, 3.8) is 0 Å². The molecule has 2 aromatic rings. The lowest BCUT2D eigenvalue weighted by atomic mass is 10.1. The summed E-state index contributed by atoms with van der Waals surface area (Å²) in [6.07, 6.45) is 1.67. The number of nitrogens with zero attached hydrogens (tertiary/aromatic N) is 1. The molecule has 6 nitrogen and oxygen atoms in total. The first-order valence-corrected chi connectivity index (χ1v) is 7.49. The topological polar surface area (TPSA) is 80.3 Å². The molecule has 0 fully saturated rings. The van der Waals surface area contributed by atoms with Gasteiger partial charge in [0.1, 0.15) is 5.75 Å². The molecule has 22 heavy (non-hydrogen) atoms. The van der Waals surface area contributed by atoms with Crippen molar-refractivity contribution < 1.29 is 14.3 Å². The van der Waals surface area contributed by atoms with Crippen molar-refractivity contribution in [1.29, 1.82) is 0 Å². The SMILES string of the molecule is COc1cc(NC(C)=O)c(Cl)cc1C(=O)Nc1ncc(C)s1. The van der Waals surface area contributed by atoms with E-state index >= 15 is 0 Å². The van der Waals surface area contributed by atoms with Crippen molar-refractivity contribution in [2.45, 2.75) is 13.8 Å². The Labute approximate surface area is 136 Å². The maximum absolute atomic E-state index is 12.3. The van der Waals surface area contributed by atoms with Crippen LogP contribution in [0.3, 0.4) is 0 Å². The van der Waals surface area contributed by atoms with Crippen molar-refractivity contribution in [2.24, 2.45) is 0 Å². The van der Waals surface area contributed by atoms with E-state index in [0.29, 0.717) is 16.6 Å². The van der Waals surface area contributed by atoms with Crippen LogP contribution < -0.4 is 15.4 Å². The van der Waals surface area contributed by atoms with E-state index < -0.39 is 0 Å². The number of carbonyl (C=O) groups is 2. The van der Waals surface area contributed by atoms with Crippen LogP contribution in [0.4, 0.5) is 10.8 Å². The molecule has 0 aliphatic carbocycles. The minimum Gasteiger partial charge on any atom is -0.496 e. The van der Waals surface area contributed by atoms with Gasteiger partial charge < -0.3 is 10.1 Å². The third-order valence-corrected chi connectivity index (χ3v) is 3.83. The summed E-state index contributed by atoms with van der Waals surface area (Å²) in [7, 11) is 1.44. The van der Waals surface area contributed by atoms with Crippen molar-refractivity contribution in [3.05, 3.63) is 33.8 Å². The average molecular weight is 340 g/mol. The average Bonchev–Trinajstić information content (AvgIpc) is 2.85. The standard InChI is InChI=1S/C14H14ClN3O3S/c1-7-6-16-14(22-7)18-13(20)9-4-10(15)11(17-8(2)19)5-12(9)21-3/h4-6H,1-3H3,(H,17,19)(H,16,18,20). The highest BCUT2D eigenvalue weighted by atomic mass is 35.5. The predicted octanol–water partition coefficient (Wildman–Crippen LogP) is 3.32. The Hall–Kier alpha value is -2.12. The first-order valence-electron chi connectivity index (χ1n) is 6.29. The molecule has 0 atom stereocenters. The molecule has 2 rings (SSSR count). The number of anilines is 2. The van der Waals surface area contributed by atoms with Gasteiger partial charge in [0, 0.05) is 24.1 Å². The van der Waals surface area contributed by atoms with Crippen LogP contribution in [-0.4, -0.2) is 23.9 Å². The van der Waals surface area contributed by atoms with Gasteiger partial charge in [0.25, 0.3) is 5.91 Å². The zero-order chi connectivity index (χ0) is 16.3. The molecule has 0 radical (unpaired) electrons. The molecule has 1 aromatic heterocycles. The lowest BCUT2D eigenvalue weighted by molar-refractivity contribution is -0.114. The van der Waals surface area contributed by atoms with Gasteiger partial charge in [0.15, 0.2) is 5.13 Å². The van der Waals surface area contributed by atoms with Gasteiger partial charge in [-0.15, -0.1) is 11.3 Å². The summed E-state index contributed by atoms with van der Waals surface area (Å²) in [6.45, 7) is 3.27. The molecule has 0 saturated carbocycles. The molecule has 1 aromatic carbocycles. The fraction of sp³-hybridized carbons (Fsp3) is 0.214. The largest absolute Gasteiger partial charge is 0.496 e. The van der Waals surface area contributed by atoms with E-state index in [-0.39, 0.29) is 22.4 Å². The fourth-order valence-corrected chi connectivity index (χ4v) is 2.63. The number of thiazole rings is 1. The van der Waals surface area contributed by atoms with E-state index in [0.717, 1.165) is 4.88 Å². The first kappa shape index (κ1) is 16.3. The monoisotopic (exact) mass is 339 g/mol. The van der Waals surface area contributed by atoms with Gasteiger partial charge in [-0.3, -0.25) is 14.9 Å². The first-order chi connectivity index (χ1) is 10.4. The van der Waals surface area contributed by atoms with Gasteiger partial charge >= 0.3 is 0 Å². The number of ether oxygens (including phenoxy) is 1. The fourth-order valence-electron chi connectivity index (χ4n) is 1.76. The Kier molecular flexibility index (Phi) is 4.99. The van der Waals surface area contributed by atoms with E-state index in [1.165, 1.54) is 37.5 Å². The highest BCUT2D eigenvalue weighted by Crippen LogP contribution is 2.31. The zero-order valence-corrected chi connectivity index (χ0v) is 13.8. The molecule has 116 valence electrons. The Morgan fingerprint density at radius 2 is 2.05 bits per heavy atom. The number of halogens is 1. The molecule has 2 amide bonds. The van der Waals surface area contributed by atoms with E-state index in [1.54, 1.807) is 6.20 Å². The quantitative estimate of drug-likeness (QED) is 0.895. The molecule has 2 N–H and O–H groups in total. The minimum atomic E-state index is -0.387. The lowest BCUT2D eigenvalue weighted by Gasteiger charge is -2.12. The molecule has 1 heterocycles. The summed E-state index contributed by atoms with van der Waals surface area (Å²) in [5.41, 5.74) is 0.641. The van der Waals surface area contributed by atoms with Gasteiger partial charge in [0.05, 0.1) is 23.4 Å². The Morgan fingerprint density at radius 1 is 1.32 bits per heavy atom. The van der Waals surface area contributed by atoms with Crippen LogP contribution in [0.15, 0.2) is 18.3 Å². The summed E-state index contributed by atoms with van der Waals surface area (Å²) in [4.78, 5) is 28.5. The van der Waals surface area contributed by atoms with Crippen molar-refractivity contribution in [2.75, 3.05) is 17.7 Å². The second kappa shape index (κ2) is 6.76. The summed E-state index contributed by atoms with van der Waals surface area (Å²) in [5, 5.41) is 6.00. The maximum atomic E-state index is 12.3. The number of hydrogen-bond acceptors (Lipinski definition) is 5. The van der Waals surface area contributed by atoms with Crippen LogP contribution in [0.25, 0.3) is 0 Å². The van der Waals surface area contributed by atoms with Crippen LogP contribution >= 0.6 is 22.9 Å². The number of hydrogen-bond donors (Lipinski definition) is 2. The van der Waals surface area contributed by atoms with Crippen LogP contribution in [0.2, 0.25) is 5.02 Å². The predicted molar refractivity (Wildman–Crippen MR) is 87.1 cm³/mol. The number of aromatic nitrogens is 1. The second-order valence-electron chi connectivity index (χ2n) is 4.44. The number of nitrogens with one attached hydrogen (secondary N) is 2. The minimum absolute atomic E-state index is 0.247. The number of rotatable bonds is 4. The van der Waals surface area contributed by atoms with Crippen LogP contribution in [0, 0.1) is 6.92 Å². The highest BCUT2D eigenvalue weighted by Gasteiger charge is 2.17. The third kappa shape index (κ3) is 3.75. The second-order valence-corrected chi connectivity index (χ2v) is 6.09. The van der Waals surface area contributed by atoms with Gasteiger partial charge in [-0.05, 0) is 13.0 Å². The van der Waals surface area contributed by atoms with Gasteiger partial charge in [0.2, 0.25) is 5.91 Å². The molecule has 0 saturated heterocycles. The molecule has 8 heteroatoms. The molecule has 0 unspecified atom stereocenters. The van der Waals surface area contributed by atoms with E-state index in [9.17, 15) is 9.59 Å². The summed E-state index contributed by atoms with van der Waals surface area (Å²) >= 11 is 7.46. The number of amides is 2. The van der Waals surface area contributed by atoms with Crippen LogP contribution in [0.5, 0.6) is 5.75 Å². The normalized spacial score (nSPS) is 10.2. The molecule has 0 aliphatic rings. The highest BCUT2D eigenvalue weighted by molar-refractivity contribution is 7.15. The lowest BCUT2D eigenvalue weighted by Crippen LogP contribution is -2.14. The van der Waals surface area contributed by atoms with Gasteiger partial charge in [-0.2, -0.15) is 0 Å². The van der Waals surface area contributed by atoms with Crippen LogP contribution in [0.1, 0.15) is 22.2 Å². The number of methoxy groups -OCH3 is 1. The van der Waals surface area contributed by atoms with Crippen molar-refractivity contribution in [1.82, 2.24) is 4.98 Å². The smallest absolute Gasteiger partial charge is 0.261 e. The zero-order valence-electron chi connectivity index (χ0n) is 12.2. The number of carbonyl (C=O) groups excluding carboxylic acids is 2. The summed E-state index contributed by atoms with van der Waals surface area (Å²) < 4.78 is 5.20. The third-order valence-electron chi connectivity index (χ3n) is 2.69. The number of benzene rings is 1. The molecule has 0 bridgehead atoms. The molecule has 0 spiro atoms. The Morgan fingerprint density at radius 3 is 2.59 bits per heavy atom. The van der Waals surface area contributed by atoms with E-state index in [4.69, 9.17) is 16.3 Å². The van der Waals surface area contributed by atoms with E-state index in [2.05, 4.69) is 15.6 Å². The molecular weight excluding hydrogens is 326 g/mol.